The zero-order chi connectivity index (χ0) is 15.0. The molecule has 1 atom stereocenters. The number of aliphatic hydroxyl groups excluding tert-OH is 1. The van der Waals surface area contributed by atoms with Crippen molar-refractivity contribution in [3.8, 4) is 17.1 Å². The molecule has 2 heterocycles. The number of rotatable bonds is 3. The Hall–Kier alpha value is -2.27. The van der Waals surface area contributed by atoms with Crippen molar-refractivity contribution >= 4 is 5.69 Å². The number of para-hydroxylation sites is 1. The van der Waals surface area contributed by atoms with Gasteiger partial charge in [-0.3, -0.25) is 0 Å². The van der Waals surface area contributed by atoms with Crippen LogP contribution >= 0.6 is 0 Å². The Morgan fingerprint density at radius 2 is 2.10 bits per heavy atom. The van der Waals surface area contributed by atoms with Gasteiger partial charge in [0.1, 0.15) is 5.75 Å². The van der Waals surface area contributed by atoms with Gasteiger partial charge in [0.2, 0.25) is 0 Å². The van der Waals surface area contributed by atoms with Crippen molar-refractivity contribution in [3.05, 3.63) is 46.3 Å². The lowest BCUT2D eigenvalue weighted by molar-refractivity contribution is 0.162. The van der Waals surface area contributed by atoms with Crippen LogP contribution in [0.5, 0.6) is 5.75 Å². The molecule has 0 fully saturated rings. The summed E-state index contributed by atoms with van der Waals surface area (Å²) in [5.41, 5.74) is 1.14. The molecule has 3 rings (SSSR count). The highest BCUT2D eigenvalue weighted by molar-refractivity contribution is 5.82. The second-order valence-corrected chi connectivity index (χ2v) is 5.13. The Morgan fingerprint density at radius 3 is 2.86 bits per heavy atom. The van der Waals surface area contributed by atoms with E-state index in [9.17, 15) is 15.0 Å². The quantitative estimate of drug-likeness (QED) is 0.907. The number of hydrogen-bond donors (Lipinski definition) is 2. The van der Waals surface area contributed by atoms with Gasteiger partial charge in [0.05, 0.1) is 17.3 Å². The van der Waals surface area contributed by atoms with E-state index in [4.69, 9.17) is 4.42 Å². The van der Waals surface area contributed by atoms with Crippen molar-refractivity contribution < 1.29 is 14.6 Å². The average Bonchev–Trinajstić information content (AvgIpc) is 2.46. The first-order chi connectivity index (χ1) is 10.1. The van der Waals surface area contributed by atoms with Crippen molar-refractivity contribution in [1.29, 1.82) is 0 Å². The standard InChI is InChI=1S/C16H17NO4/c1-2-3-8-17-11-7-5-4-6-10(11)15-14(16(17)20)12(18)9-13(19)21-15/h4-7,9,16,18,20H,2-3,8H2,1H3/t16-/m1/s1. The molecule has 110 valence electrons. The molecule has 0 aliphatic carbocycles. The minimum Gasteiger partial charge on any atom is -0.507 e. The molecule has 5 heteroatoms. The van der Waals surface area contributed by atoms with Crippen LogP contribution in [0.2, 0.25) is 0 Å². The fourth-order valence-electron chi connectivity index (χ4n) is 2.72. The molecule has 0 saturated carbocycles. The van der Waals surface area contributed by atoms with Crippen molar-refractivity contribution in [2.24, 2.45) is 0 Å². The molecule has 0 spiro atoms. The molecule has 1 aromatic heterocycles. The predicted molar refractivity (Wildman–Crippen MR) is 79.3 cm³/mol. The van der Waals surface area contributed by atoms with E-state index >= 15 is 0 Å². The van der Waals surface area contributed by atoms with Crippen molar-refractivity contribution in [3.63, 3.8) is 0 Å². The van der Waals surface area contributed by atoms with Crippen LogP contribution in [0.4, 0.5) is 5.69 Å². The Balaban J connectivity index is 2.22. The van der Waals surface area contributed by atoms with Crippen LogP contribution in [0.25, 0.3) is 11.3 Å². The monoisotopic (exact) mass is 287 g/mol. The summed E-state index contributed by atoms with van der Waals surface area (Å²) in [7, 11) is 0. The van der Waals surface area contributed by atoms with E-state index in [1.54, 1.807) is 0 Å². The maximum absolute atomic E-state index is 11.5. The SMILES string of the molecule is CCCCN1c2ccccc2-c2oc(=O)cc(O)c2[C@H]1O. The molecule has 0 saturated heterocycles. The van der Waals surface area contributed by atoms with Gasteiger partial charge in [0, 0.05) is 12.1 Å². The number of unbranched alkanes of at least 4 members (excludes halogenated alkanes) is 1. The van der Waals surface area contributed by atoms with Crippen LogP contribution in [0.1, 0.15) is 31.6 Å². The molecule has 1 aliphatic rings. The molecular weight excluding hydrogens is 270 g/mol. The second kappa shape index (κ2) is 5.26. The van der Waals surface area contributed by atoms with E-state index in [2.05, 4.69) is 6.92 Å². The topological polar surface area (TPSA) is 73.9 Å². The van der Waals surface area contributed by atoms with Gasteiger partial charge in [-0.05, 0) is 18.6 Å². The van der Waals surface area contributed by atoms with Gasteiger partial charge >= 0.3 is 5.63 Å². The van der Waals surface area contributed by atoms with E-state index in [1.807, 2.05) is 29.2 Å². The molecule has 2 N–H and O–H groups in total. The fraction of sp³-hybridized carbons (Fsp3) is 0.312. The average molecular weight is 287 g/mol. The van der Waals surface area contributed by atoms with Gasteiger partial charge in [-0.25, -0.2) is 4.79 Å². The molecule has 1 aromatic carbocycles. The first kappa shape index (κ1) is 13.7. The van der Waals surface area contributed by atoms with E-state index in [1.165, 1.54) is 0 Å². The summed E-state index contributed by atoms with van der Waals surface area (Å²) in [5.74, 6) is 0.0144. The Bertz CT molecular complexity index is 722. The lowest BCUT2D eigenvalue weighted by Crippen LogP contribution is -2.33. The lowest BCUT2D eigenvalue weighted by Gasteiger charge is -2.36. The number of hydrogen-bond acceptors (Lipinski definition) is 5. The summed E-state index contributed by atoms with van der Waals surface area (Å²) in [6.45, 7) is 2.74. The number of benzene rings is 1. The zero-order valence-electron chi connectivity index (χ0n) is 11.7. The highest BCUT2D eigenvalue weighted by Gasteiger charge is 2.33. The van der Waals surface area contributed by atoms with E-state index in [0.717, 1.165) is 24.6 Å². The minimum atomic E-state index is -1.02. The van der Waals surface area contributed by atoms with Gasteiger partial charge in [-0.1, -0.05) is 25.5 Å². The smallest absolute Gasteiger partial charge is 0.339 e. The van der Waals surface area contributed by atoms with Crippen LogP contribution < -0.4 is 10.5 Å². The normalized spacial score (nSPS) is 16.5. The van der Waals surface area contributed by atoms with Gasteiger partial charge in [0.25, 0.3) is 0 Å². The van der Waals surface area contributed by atoms with E-state index in [0.29, 0.717) is 12.1 Å². The van der Waals surface area contributed by atoms with Gasteiger partial charge < -0.3 is 19.5 Å². The maximum Gasteiger partial charge on any atom is 0.339 e. The number of fused-ring (bicyclic) bond motifs is 3. The number of nitrogens with zero attached hydrogens (tertiary/aromatic N) is 1. The predicted octanol–water partition coefficient (Wildman–Crippen LogP) is 2.62. The summed E-state index contributed by atoms with van der Waals surface area (Å²) in [6, 6.07) is 8.40. The molecule has 0 amide bonds. The van der Waals surface area contributed by atoms with Crippen molar-refractivity contribution in [2.45, 2.75) is 26.0 Å². The summed E-state index contributed by atoms with van der Waals surface area (Å²) >= 11 is 0. The molecule has 2 aromatic rings. The summed E-state index contributed by atoms with van der Waals surface area (Å²) in [4.78, 5) is 13.3. The third-order valence-corrected chi connectivity index (χ3v) is 3.74. The van der Waals surface area contributed by atoms with Crippen molar-refractivity contribution in [1.82, 2.24) is 0 Å². The summed E-state index contributed by atoms with van der Waals surface area (Å²) in [5, 5.41) is 20.6. The zero-order valence-corrected chi connectivity index (χ0v) is 11.7. The van der Waals surface area contributed by atoms with Crippen LogP contribution in [0.3, 0.4) is 0 Å². The Morgan fingerprint density at radius 1 is 1.33 bits per heavy atom. The molecule has 0 unspecified atom stereocenters. The highest BCUT2D eigenvalue weighted by atomic mass is 16.4. The van der Waals surface area contributed by atoms with E-state index < -0.39 is 11.9 Å². The Labute approximate surface area is 122 Å². The van der Waals surface area contributed by atoms with E-state index in [-0.39, 0.29) is 17.1 Å². The van der Waals surface area contributed by atoms with Crippen molar-refractivity contribution in [2.75, 3.05) is 11.4 Å². The first-order valence-corrected chi connectivity index (χ1v) is 7.04. The van der Waals surface area contributed by atoms with Crippen LogP contribution in [-0.2, 0) is 0 Å². The molecule has 5 nitrogen and oxygen atoms in total. The highest BCUT2D eigenvalue weighted by Crippen LogP contribution is 2.45. The lowest BCUT2D eigenvalue weighted by atomic mass is 9.97. The first-order valence-electron chi connectivity index (χ1n) is 7.04. The van der Waals surface area contributed by atoms with Gasteiger partial charge in [-0.15, -0.1) is 0 Å². The van der Waals surface area contributed by atoms with Crippen LogP contribution in [0.15, 0.2) is 39.5 Å². The fourth-order valence-corrected chi connectivity index (χ4v) is 2.72. The van der Waals surface area contributed by atoms with Gasteiger partial charge in [0.15, 0.2) is 12.0 Å². The largest absolute Gasteiger partial charge is 0.507 e. The second-order valence-electron chi connectivity index (χ2n) is 5.13. The summed E-state index contributed by atoms with van der Waals surface area (Å²) < 4.78 is 5.23. The van der Waals surface area contributed by atoms with Crippen LogP contribution in [0, 0.1) is 0 Å². The third-order valence-electron chi connectivity index (χ3n) is 3.74. The summed E-state index contributed by atoms with van der Waals surface area (Å²) in [6.07, 6.45) is 0.887. The molecule has 0 bridgehead atoms. The number of anilines is 1. The Kier molecular flexibility index (Phi) is 3.43. The molecule has 0 radical (unpaired) electrons. The van der Waals surface area contributed by atoms with Gasteiger partial charge in [-0.2, -0.15) is 0 Å². The number of aromatic hydroxyl groups is 1. The molecule has 1 aliphatic heterocycles. The minimum absolute atomic E-state index is 0.232. The van der Waals surface area contributed by atoms with Crippen LogP contribution in [-0.4, -0.2) is 16.8 Å². The molecular formula is C16H17NO4. The maximum atomic E-state index is 11.5. The molecule has 21 heavy (non-hydrogen) atoms. The number of aliphatic hydroxyl groups is 1. The third kappa shape index (κ3) is 2.19.